The number of esters is 3. The predicted molar refractivity (Wildman–Crippen MR) is 237 cm³/mol. The summed E-state index contributed by atoms with van der Waals surface area (Å²) in [5.41, 5.74) is 0. The van der Waals surface area contributed by atoms with E-state index in [-0.39, 0.29) is 32.5 Å². The Morgan fingerprint density at radius 3 is 1.12 bits per heavy atom. The molecule has 0 amide bonds. The van der Waals surface area contributed by atoms with Crippen molar-refractivity contribution in [3.63, 3.8) is 0 Å². The molecule has 0 saturated carbocycles. The fourth-order valence-electron chi connectivity index (χ4n) is 6.44. The molecular formula is C42H83O15P3. The highest BCUT2D eigenvalue weighted by Crippen LogP contribution is 2.42. The largest absolute Gasteiger partial charge is 0.462 e. The second kappa shape index (κ2) is 32.5. The third-order valence-electron chi connectivity index (χ3n) is 9.59. The molecule has 0 heterocycles. The van der Waals surface area contributed by atoms with Gasteiger partial charge in [-0.1, -0.05) is 77.0 Å². The summed E-state index contributed by atoms with van der Waals surface area (Å²) in [7, 11) is -8.12. The highest BCUT2D eigenvalue weighted by Gasteiger charge is 2.24. The van der Waals surface area contributed by atoms with Crippen molar-refractivity contribution in [1.29, 1.82) is 0 Å². The van der Waals surface area contributed by atoms with Crippen molar-refractivity contribution in [2.24, 2.45) is 0 Å². The summed E-state index contributed by atoms with van der Waals surface area (Å²) in [6.07, 6.45) is 9.32. The molecule has 0 fully saturated rings. The van der Waals surface area contributed by atoms with Crippen LogP contribution in [0.25, 0.3) is 0 Å². The Hall–Kier alpha value is -1.14. The van der Waals surface area contributed by atoms with E-state index in [4.69, 9.17) is 27.8 Å². The number of carbonyl (C=O) groups is 3. The van der Waals surface area contributed by atoms with Gasteiger partial charge in [0.15, 0.2) is 28.2 Å². The van der Waals surface area contributed by atoms with E-state index in [0.29, 0.717) is 38.5 Å². The number of aliphatic hydroxyl groups is 3. The average Bonchev–Trinajstić information content (AvgIpc) is 3.11. The van der Waals surface area contributed by atoms with Gasteiger partial charge in [0, 0.05) is 59.3 Å². The molecule has 15 nitrogen and oxygen atoms in total. The summed E-state index contributed by atoms with van der Waals surface area (Å²) in [4.78, 5) is 37.9. The monoisotopic (exact) mass is 920 g/mol. The summed E-state index contributed by atoms with van der Waals surface area (Å²) in [6.45, 7) is 13.6. The molecule has 0 spiro atoms. The predicted octanol–water partition coefficient (Wildman–Crippen LogP) is 9.09. The minimum Gasteiger partial charge on any atom is -0.462 e. The average molecular weight is 921 g/mol. The van der Waals surface area contributed by atoms with Gasteiger partial charge < -0.3 is 43.1 Å². The van der Waals surface area contributed by atoms with Crippen LogP contribution in [0.2, 0.25) is 0 Å². The van der Waals surface area contributed by atoms with E-state index in [1.165, 1.54) is 40.0 Å². The molecular weight excluding hydrogens is 837 g/mol. The Morgan fingerprint density at radius 1 is 0.450 bits per heavy atom. The van der Waals surface area contributed by atoms with Crippen molar-refractivity contribution < 1.29 is 71.2 Å². The van der Waals surface area contributed by atoms with Crippen LogP contribution in [-0.4, -0.2) is 129 Å². The minimum atomic E-state index is -2.72. The lowest BCUT2D eigenvalue weighted by Gasteiger charge is -2.22. The number of unbranched alkanes of at least 4 members (excludes halogenated alkanes) is 12. The molecule has 0 aliphatic heterocycles. The van der Waals surface area contributed by atoms with Crippen molar-refractivity contribution in [3.8, 4) is 0 Å². The molecule has 7 atom stereocenters. The smallest absolute Gasteiger partial charge is 0.306 e. The normalized spacial score (nSPS) is 16.0. The molecule has 0 aromatic rings. The Labute approximate surface area is 361 Å². The third kappa shape index (κ3) is 36.4. The van der Waals surface area contributed by atoms with Gasteiger partial charge in [-0.05, 0) is 59.3 Å². The molecule has 0 aromatic carbocycles. The Morgan fingerprint density at radius 2 is 0.767 bits per heavy atom. The van der Waals surface area contributed by atoms with Crippen molar-refractivity contribution in [2.45, 2.75) is 198 Å². The van der Waals surface area contributed by atoms with Crippen LogP contribution in [0, 0.1) is 0 Å². The first-order valence-electron chi connectivity index (χ1n) is 22.1. The van der Waals surface area contributed by atoms with Gasteiger partial charge in [-0.15, -0.1) is 0 Å². The van der Waals surface area contributed by atoms with Crippen LogP contribution in [0.3, 0.4) is 0 Å². The van der Waals surface area contributed by atoms with Gasteiger partial charge in [-0.25, -0.2) is 0 Å². The lowest BCUT2D eigenvalue weighted by molar-refractivity contribution is -0.167. The van der Waals surface area contributed by atoms with E-state index >= 15 is 0 Å². The molecule has 3 N–H and O–H groups in total. The van der Waals surface area contributed by atoms with E-state index in [9.17, 15) is 43.4 Å². The molecule has 0 aliphatic rings. The zero-order valence-electron chi connectivity index (χ0n) is 38.4. The minimum absolute atomic E-state index is 0.147. The number of aliphatic hydroxyl groups excluding tert-OH is 3. The molecule has 60 heavy (non-hydrogen) atoms. The van der Waals surface area contributed by atoms with Gasteiger partial charge in [-0.2, -0.15) is 0 Å². The van der Waals surface area contributed by atoms with E-state index in [1.54, 1.807) is 20.8 Å². The number of rotatable bonds is 38. The molecule has 0 aromatic heterocycles. The molecule has 4 unspecified atom stereocenters. The number of hydrogen-bond donors (Lipinski definition) is 3. The van der Waals surface area contributed by atoms with Gasteiger partial charge in [-0.3, -0.25) is 28.1 Å². The second-order valence-electron chi connectivity index (χ2n) is 17.3. The first-order valence-corrected chi connectivity index (χ1v) is 29.7. The highest BCUT2D eigenvalue weighted by atomic mass is 31.2. The lowest BCUT2D eigenvalue weighted by Crippen LogP contribution is -2.30. The SMILES string of the molecule is C[C@H](O)C(CCCCCCCC(=O)OCC(COC(=O)CCCCCCCC(O)[C@H](C)OP(C)(C)=O)OC(=O)CCCCCCCC(OP(C)(C)=O)[C@H](C)O)OP(C)(C)=O. The summed E-state index contributed by atoms with van der Waals surface area (Å²) >= 11 is 0. The summed E-state index contributed by atoms with van der Waals surface area (Å²) < 4.78 is 68.8. The topological polar surface area (TPSA) is 218 Å². The Bertz CT molecular complexity index is 1310. The zero-order chi connectivity index (χ0) is 45.8. The maximum Gasteiger partial charge on any atom is 0.306 e. The number of ether oxygens (including phenoxy) is 3. The van der Waals surface area contributed by atoms with E-state index < -0.39 is 82.7 Å². The van der Waals surface area contributed by atoms with Crippen LogP contribution in [0.1, 0.15) is 156 Å². The van der Waals surface area contributed by atoms with Crippen molar-refractivity contribution in [1.82, 2.24) is 0 Å². The van der Waals surface area contributed by atoms with E-state index in [0.717, 1.165) is 77.0 Å². The molecule has 0 saturated heterocycles. The van der Waals surface area contributed by atoms with Crippen molar-refractivity contribution in [2.75, 3.05) is 53.2 Å². The first-order chi connectivity index (χ1) is 27.9. The van der Waals surface area contributed by atoms with Crippen molar-refractivity contribution >= 4 is 40.0 Å². The summed E-state index contributed by atoms with van der Waals surface area (Å²) in [6, 6.07) is 0. The Kier molecular flexibility index (Phi) is 31.9. The summed E-state index contributed by atoms with van der Waals surface area (Å²) in [5.74, 6) is -1.37. The molecule has 0 rings (SSSR count). The molecule has 0 bridgehead atoms. The standard InChI is InChI=1S/C42H83O15P3/c1-33(43)38(56-59(6,7)50)26-20-14-11-17-23-29-41(47)53-32-36(54-42(48)30-24-18-12-15-21-27-39(34(2)44)57-60(8,9)51)31-52-40(46)28-22-16-10-13-19-25-37(45)35(3)55-58(4,5)49/h33-39,43-45H,10-32H2,1-9H3/t33-,34-,35-,36?,37?,38?,39?/m0/s1. The summed E-state index contributed by atoms with van der Waals surface area (Å²) in [5, 5.41) is 30.1. The van der Waals surface area contributed by atoms with Crippen LogP contribution in [0.5, 0.6) is 0 Å². The van der Waals surface area contributed by atoms with Crippen LogP contribution >= 0.6 is 22.1 Å². The molecule has 0 aliphatic carbocycles. The van der Waals surface area contributed by atoms with E-state index in [1.807, 2.05) is 0 Å². The fourth-order valence-corrected chi connectivity index (χ4v) is 9.25. The second-order valence-corrected chi connectivity index (χ2v) is 25.4. The lowest BCUT2D eigenvalue weighted by atomic mass is 10.0. The quantitative estimate of drug-likeness (QED) is 0.0228. The van der Waals surface area contributed by atoms with Gasteiger partial charge >= 0.3 is 17.9 Å². The molecule has 18 heteroatoms. The highest BCUT2D eigenvalue weighted by molar-refractivity contribution is 7.57. The van der Waals surface area contributed by atoms with Gasteiger partial charge in [0.2, 0.25) is 0 Å². The maximum absolute atomic E-state index is 12.8. The van der Waals surface area contributed by atoms with Crippen LogP contribution in [-0.2, 0) is 55.9 Å². The third-order valence-corrected chi connectivity index (χ3v) is 12.0. The van der Waals surface area contributed by atoms with Crippen LogP contribution in [0.15, 0.2) is 0 Å². The fraction of sp³-hybridized carbons (Fsp3) is 0.929. The zero-order valence-corrected chi connectivity index (χ0v) is 41.1. The number of carbonyl (C=O) groups excluding carboxylic acids is 3. The van der Waals surface area contributed by atoms with Crippen LogP contribution < -0.4 is 0 Å². The van der Waals surface area contributed by atoms with Crippen LogP contribution in [0.4, 0.5) is 0 Å². The first kappa shape index (κ1) is 58.9. The van der Waals surface area contributed by atoms with Crippen molar-refractivity contribution in [3.05, 3.63) is 0 Å². The number of hydrogen-bond acceptors (Lipinski definition) is 15. The van der Waals surface area contributed by atoms with Gasteiger partial charge in [0.05, 0.1) is 36.6 Å². The Balaban J connectivity index is 4.77. The molecule has 356 valence electrons. The molecule has 0 radical (unpaired) electrons. The van der Waals surface area contributed by atoms with Gasteiger partial charge in [0.1, 0.15) is 13.2 Å². The van der Waals surface area contributed by atoms with Gasteiger partial charge in [0.25, 0.3) is 0 Å². The van der Waals surface area contributed by atoms with E-state index in [2.05, 4.69) is 0 Å². The maximum atomic E-state index is 12.8.